The molecule has 0 saturated carbocycles. The fraction of sp³-hybridized carbons (Fsp3) is 0.364. The van der Waals surface area contributed by atoms with Gasteiger partial charge in [0.15, 0.2) is 0 Å². The number of hydrogen-bond acceptors (Lipinski definition) is 5. The van der Waals surface area contributed by atoms with Gasteiger partial charge in [0.05, 0.1) is 17.6 Å². The van der Waals surface area contributed by atoms with Crippen LogP contribution in [0.15, 0.2) is 48.8 Å². The van der Waals surface area contributed by atoms with Crippen LogP contribution >= 0.6 is 0 Å². The average molecular weight is 390 g/mol. The summed E-state index contributed by atoms with van der Waals surface area (Å²) in [5.41, 5.74) is 3.89. The van der Waals surface area contributed by atoms with Crippen molar-refractivity contribution in [2.24, 2.45) is 0 Å². The van der Waals surface area contributed by atoms with E-state index in [1.165, 1.54) is 0 Å². The second-order valence-electron chi connectivity index (χ2n) is 7.58. The highest BCUT2D eigenvalue weighted by Crippen LogP contribution is 2.27. The number of nitrogens with zero attached hydrogens (tertiary/aromatic N) is 5. The lowest BCUT2D eigenvalue weighted by molar-refractivity contribution is -0.133. The lowest BCUT2D eigenvalue weighted by Gasteiger charge is -2.32. The van der Waals surface area contributed by atoms with Crippen LogP contribution in [0.5, 0.6) is 0 Å². The first-order valence-corrected chi connectivity index (χ1v) is 10.0. The Morgan fingerprint density at radius 3 is 2.79 bits per heavy atom. The van der Waals surface area contributed by atoms with E-state index in [-0.39, 0.29) is 11.8 Å². The first kappa shape index (κ1) is 19.1. The summed E-state index contributed by atoms with van der Waals surface area (Å²) in [5.74, 6) is 1.17. The average Bonchev–Trinajstić information content (AvgIpc) is 3.06. The Bertz CT molecular complexity index is 967. The summed E-state index contributed by atoms with van der Waals surface area (Å²) in [6.07, 6.45) is 5.62. The Morgan fingerprint density at radius 1 is 1.21 bits per heavy atom. The van der Waals surface area contributed by atoms with Gasteiger partial charge in [-0.05, 0) is 57.0 Å². The van der Waals surface area contributed by atoms with Crippen LogP contribution in [0.3, 0.4) is 0 Å². The molecule has 0 aliphatic carbocycles. The third kappa shape index (κ3) is 4.62. The van der Waals surface area contributed by atoms with Crippen LogP contribution in [-0.4, -0.2) is 43.6 Å². The number of aromatic nitrogens is 4. The summed E-state index contributed by atoms with van der Waals surface area (Å²) in [4.78, 5) is 23.7. The van der Waals surface area contributed by atoms with Crippen LogP contribution in [0.4, 0.5) is 11.5 Å². The summed E-state index contributed by atoms with van der Waals surface area (Å²) in [7, 11) is 0. The largest absolute Gasteiger partial charge is 0.340 e. The minimum Gasteiger partial charge on any atom is -0.340 e. The molecule has 1 atom stereocenters. The van der Waals surface area contributed by atoms with E-state index < -0.39 is 0 Å². The Balaban J connectivity index is 1.39. The second-order valence-corrected chi connectivity index (χ2v) is 7.58. The molecular weight excluding hydrogens is 364 g/mol. The monoisotopic (exact) mass is 390 g/mol. The number of piperidine rings is 1. The predicted octanol–water partition coefficient (Wildman–Crippen LogP) is 3.44. The van der Waals surface area contributed by atoms with Crippen molar-refractivity contribution in [3.63, 3.8) is 0 Å². The van der Waals surface area contributed by atoms with E-state index in [2.05, 4.69) is 20.4 Å². The molecule has 1 aliphatic rings. The van der Waals surface area contributed by atoms with Gasteiger partial charge in [-0.3, -0.25) is 14.5 Å². The molecule has 1 N–H and O–H groups in total. The number of likely N-dealkylation sites (tertiary alicyclic amines) is 1. The number of amides is 1. The number of nitrogens with one attached hydrogen (secondary N) is 1. The second kappa shape index (κ2) is 8.43. The van der Waals surface area contributed by atoms with Crippen LogP contribution in [0.1, 0.15) is 35.8 Å². The van der Waals surface area contributed by atoms with Gasteiger partial charge in [-0.15, -0.1) is 0 Å². The lowest BCUT2D eigenvalue weighted by Crippen LogP contribution is -2.41. The number of anilines is 2. The zero-order chi connectivity index (χ0) is 20.2. The van der Waals surface area contributed by atoms with Crippen LogP contribution in [0.2, 0.25) is 0 Å². The zero-order valence-electron chi connectivity index (χ0n) is 16.9. The molecule has 7 nitrogen and oxygen atoms in total. The molecule has 4 heterocycles. The summed E-state index contributed by atoms with van der Waals surface area (Å²) in [6, 6.07) is 11.8. The summed E-state index contributed by atoms with van der Waals surface area (Å²) in [5, 5.41) is 7.66. The maximum Gasteiger partial charge on any atom is 0.244 e. The quantitative estimate of drug-likeness (QED) is 0.722. The molecule has 1 aliphatic heterocycles. The number of aryl methyl sites for hydroxylation is 2. The maximum absolute atomic E-state index is 12.8. The molecule has 4 rings (SSSR count). The molecular formula is C22H26N6O. The standard InChI is InChI=1S/C22H26N6O/c1-16-12-17(2)28(26-16)15-22(29)27-11-5-6-18(14-27)20-9-8-19(13-24-20)25-21-7-3-4-10-23-21/h3-4,7-10,12-13,18H,5-6,11,14-15H2,1-2H3,(H,23,25)/t18-/m1/s1. The molecule has 1 fully saturated rings. The fourth-order valence-corrected chi connectivity index (χ4v) is 3.81. The van der Waals surface area contributed by atoms with Crippen molar-refractivity contribution >= 4 is 17.4 Å². The van der Waals surface area contributed by atoms with Gasteiger partial charge >= 0.3 is 0 Å². The highest BCUT2D eigenvalue weighted by Gasteiger charge is 2.26. The molecule has 3 aromatic heterocycles. The van der Waals surface area contributed by atoms with Crippen LogP contribution in [-0.2, 0) is 11.3 Å². The molecule has 0 spiro atoms. The first-order chi connectivity index (χ1) is 14.1. The van der Waals surface area contributed by atoms with Gasteiger partial charge in [-0.1, -0.05) is 6.07 Å². The third-order valence-electron chi connectivity index (χ3n) is 5.30. The molecule has 7 heteroatoms. The Kier molecular flexibility index (Phi) is 5.55. The summed E-state index contributed by atoms with van der Waals surface area (Å²) in [6.45, 7) is 5.73. The van der Waals surface area contributed by atoms with E-state index in [0.717, 1.165) is 48.0 Å². The minimum atomic E-state index is 0.120. The molecule has 1 amide bonds. The number of carbonyl (C=O) groups is 1. The van der Waals surface area contributed by atoms with E-state index in [9.17, 15) is 4.79 Å². The van der Waals surface area contributed by atoms with Crippen molar-refractivity contribution in [1.29, 1.82) is 0 Å². The molecule has 0 aromatic carbocycles. The molecule has 0 unspecified atom stereocenters. The normalized spacial score (nSPS) is 16.6. The molecule has 3 aromatic rings. The Hall–Kier alpha value is -3.22. The van der Waals surface area contributed by atoms with Gasteiger partial charge in [0.2, 0.25) is 5.91 Å². The van der Waals surface area contributed by atoms with Crippen molar-refractivity contribution < 1.29 is 4.79 Å². The van der Waals surface area contributed by atoms with E-state index >= 15 is 0 Å². The summed E-state index contributed by atoms with van der Waals surface area (Å²) >= 11 is 0. The molecule has 0 bridgehead atoms. The van der Waals surface area contributed by atoms with E-state index in [1.54, 1.807) is 10.9 Å². The highest BCUT2D eigenvalue weighted by molar-refractivity contribution is 5.76. The van der Waals surface area contributed by atoms with E-state index in [4.69, 9.17) is 0 Å². The van der Waals surface area contributed by atoms with Crippen LogP contribution in [0, 0.1) is 13.8 Å². The Labute approximate surface area is 170 Å². The van der Waals surface area contributed by atoms with E-state index in [0.29, 0.717) is 13.1 Å². The van der Waals surface area contributed by atoms with Crippen molar-refractivity contribution in [2.45, 2.75) is 39.2 Å². The van der Waals surface area contributed by atoms with Crippen molar-refractivity contribution in [2.75, 3.05) is 18.4 Å². The van der Waals surface area contributed by atoms with Gasteiger partial charge in [0.25, 0.3) is 0 Å². The predicted molar refractivity (Wildman–Crippen MR) is 112 cm³/mol. The molecule has 0 radical (unpaired) electrons. The number of carbonyl (C=O) groups excluding carboxylic acids is 1. The number of hydrogen-bond donors (Lipinski definition) is 1. The minimum absolute atomic E-state index is 0.120. The van der Waals surface area contributed by atoms with Gasteiger partial charge in [0, 0.05) is 36.6 Å². The fourth-order valence-electron chi connectivity index (χ4n) is 3.81. The van der Waals surface area contributed by atoms with Crippen LogP contribution in [0.25, 0.3) is 0 Å². The Morgan fingerprint density at radius 2 is 2.10 bits per heavy atom. The number of rotatable bonds is 5. The van der Waals surface area contributed by atoms with Gasteiger partial charge < -0.3 is 10.2 Å². The van der Waals surface area contributed by atoms with Gasteiger partial charge in [0.1, 0.15) is 12.4 Å². The van der Waals surface area contributed by atoms with Crippen molar-refractivity contribution in [3.05, 3.63) is 65.9 Å². The first-order valence-electron chi connectivity index (χ1n) is 10.0. The highest BCUT2D eigenvalue weighted by atomic mass is 16.2. The van der Waals surface area contributed by atoms with Gasteiger partial charge in [-0.2, -0.15) is 5.10 Å². The topological polar surface area (TPSA) is 75.9 Å². The molecule has 29 heavy (non-hydrogen) atoms. The van der Waals surface area contributed by atoms with Crippen LogP contribution < -0.4 is 5.32 Å². The molecule has 150 valence electrons. The smallest absolute Gasteiger partial charge is 0.244 e. The summed E-state index contributed by atoms with van der Waals surface area (Å²) < 4.78 is 1.79. The van der Waals surface area contributed by atoms with Crippen molar-refractivity contribution in [3.8, 4) is 0 Å². The zero-order valence-corrected chi connectivity index (χ0v) is 16.9. The lowest BCUT2D eigenvalue weighted by atomic mass is 9.94. The van der Waals surface area contributed by atoms with Gasteiger partial charge in [-0.25, -0.2) is 4.98 Å². The van der Waals surface area contributed by atoms with E-state index in [1.807, 2.05) is 61.3 Å². The third-order valence-corrected chi connectivity index (χ3v) is 5.30. The molecule has 1 saturated heterocycles. The number of pyridine rings is 2. The van der Waals surface area contributed by atoms with Crippen molar-refractivity contribution in [1.82, 2.24) is 24.6 Å². The maximum atomic E-state index is 12.8. The SMILES string of the molecule is Cc1cc(C)n(CC(=O)N2CCC[C@@H](c3ccc(Nc4ccccn4)cn3)C2)n1.